The number of nitrogens with zero attached hydrogens (tertiary/aromatic N) is 2. The van der Waals surface area contributed by atoms with E-state index >= 15 is 0 Å². The van der Waals surface area contributed by atoms with Gasteiger partial charge in [-0.15, -0.1) is 0 Å². The molecule has 0 saturated carbocycles. The van der Waals surface area contributed by atoms with Crippen molar-refractivity contribution in [1.82, 2.24) is 0 Å². The van der Waals surface area contributed by atoms with Gasteiger partial charge >= 0.3 is 0 Å². The summed E-state index contributed by atoms with van der Waals surface area (Å²) in [6.45, 7) is 3.47. The first kappa shape index (κ1) is 13.9. The molecule has 5 heteroatoms. The van der Waals surface area contributed by atoms with Crippen molar-refractivity contribution >= 4 is 0 Å². The minimum absolute atomic E-state index is 0.0676. The molecular weight excluding hydrogens is 238 g/mol. The lowest BCUT2D eigenvalue weighted by Gasteiger charge is -2.12. The Morgan fingerprint density at radius 2 is 1.72 bits per heavy atom. The van der Waals surface area contributed by atoms with Gasteiger partial charge in [0.25, 0.3) is 0 Å². The maximum absolute atomic E-state index is 13.8. The van der Waals surface area contributed by atoms with Gasteiger partial charge in [0.05, 0.1) is 6.61 Å². The van der Waals surface area contributed by atoms with Crippen LogP contribution < -0.4 is 4.74 Å². The third-order valence-corrected chi connectivity index (χ3v) is 2.54. The first-order valence-corrected chi connectivity index (χ1v) is 5.53. The molecule has 1 aromatic rings. The highest BCUT2D eigenvalue weighted by molar-refractivity contribution is 5.55. The van der Waals surface area contributed by atoms with Crippen molar-refractivity contribution in [3.63, 3.8) is 0 Å². The molecule has 0 unspecified atom stereocenters. The molecule has 0 aliphatic carbocycles. The topological polar surface area (TPSA) is 56.8 Å². The Balaban J connectivity index is 3.36. The molecule has 1 aromatic carbocycles. The second-order valence-corrected chi connectivity index (χ2v) is 3.76. The van der Waals surface area contributed by atoms with Crippen LogP contribution in [0.25, 0.3) is 0 Å². The molecule has 0 aliphatic heterocycles. The van der Waals surface area contributed by atoms with Crippen molar-refractivity contribution in [2.24, 2.45) is 0 Å². The van der Waals surface area contributed by atoms with Crippen molar-refractivity contribution in [1.29, 1.82) is 10.5 Å². The quantitative estimate of drug-likeness (QED) is 0.771. The minimum Gasteiger partial charge on any atom is -0.489 e. The number of benzene rings is 1. The third kappa shape index (κ3) is 2.41. The Labute approximate surface area is 104 Å². The summed E-state index contributed by atoms with van der Waals surface area (Å²) in [5.41, 5.74) is -0.972. The van der Waals surface area contributed by atoms with Crippen LogP contribution in [0.2, 0.25) is 0 Å². The lowest BCUT2D eigenvalue weighted by Crippen LogP contribution is -2.06. The van der Waals surface area contributed by atoms with Crippen LogP contribution in [0.3, 0.4) is 0 Å². The van der Waals surface area contributed by atoms with E-state index in [0.717, 1.165) is 6.42 Å². The Morgan fingerprint density at radius 3 is 2.22 bits per heavy atom. The van der Waals surface area contributed by atoms with E-state index in [9.17, 15) is 8.78 Å². The molecule has 0 N–H and O–H groups in total. The smallest absolute Gasteiger partial charge is 0.187 e. The monoisotopic (exact) mass is 250 g/mol. The van der Waals surface area contributed by atoms with Crippen LogP contribution in [0.15, 0.2) is 0 Å². The number of rotatable bonds is 4. The SMILES string of the molecule is CCCCOc1c(F)c(C#N)c(F)c(C)c1C#N. The van der Waals surface area contributed by atoms with E-state index in [4.69, 9.17) is 15.3 Å². The standard InChI is InChI=1S/C13H12F2N2O/c1-3-4-5-18-13-9(6-16)8(2)11(14)10(7-17)12(13)15/h3-5H2,1-2H3. The number of unbranched alkanes of at least 4 members (excludes halogenated alkanes) is 1. The number of hydrogen-bond acceptors (Lipinski definition) is 3. The molecule has 0 bridgehead atoms. The van der Waals surface area contributed by atoms with Gasteiger partial charge in [0.2, 0.25) is 0 Å². The first-order valence-electron chi connectivity index (χ1n) is 5.53. The zero-order chi connectivity index (χ0) is 13.7. The molecular formula is C13H12F2N2O. The average molecular weight is 250 g/mol. The summed E-state index contributed by atoms with van der Waals surface area (Å²) in [7, 11) is 0. The summed E-state index contributed by atoms with van der Waals surface area (Å²) in [4.78, 5) is 0. The van der Waals surface area contributed by atoms with E-state index in [1.165, 1.54) is 13.0 Å². The molecule has 0 saturated heterocycles. The maximum Gasteiger partial charge on any atom is 0.187 e. The van der Waals surface area contributed by atoms with Crippen molar-refractivity contribution in [3.8, 4) is 17.9 Å². The van der Waals surface area contributed by atoms with Gasteiger partial charge in [-0.25, -0.2) is 8.78 Å². The van der Waals surface area contributed by atoms with Crippen LogP contribution >= 0.6 is 0 Å². The molecule has 0 aromatic heterocycles. The Hall–Kier alpha value is -2.14. The predicted octanol–water partition coefficient (Wildman–Crippen LogP) is 3.20. The molecule has 18 heavy (non-hydrogen) atoms. The fourth-order valence-electron chi connectivity index (χ4n) is 1.47. The second-order valence-electron chi connectivity index (χ2n) is 3.76. The summed E-state index contributed by atoms with van der Waals surface area (Å²) in [6.07, 6.45) is 1.53. The van der Waals surface area contributed by atoms with Gasteiger partial charge < -0.3 is 4.74 Å². The zero-order valence-electron chi connectivity index (χ0n) is 10.2. The summed E-state index contributed by atoms with van der Waals surface area (Å²) < 4.78 is 32.6. The molecule has 1 rings (SSSR count). The van der Waals surface area contributed by atoms with Crippen LogP contribution in [0.5, 0.6) is 5.75 Å². The second kappa shape index (κ2) is 5.97. The zero-order valence-corrected chi connectivity index (χ0v) is 10.2. The van der Waals surface area contributed by atoms with Crippen LogP contribution in [0.4, 0.5) is 8.78 Å². The Morgan fingerprint density at radius 1 is 1.11 bits per heavy atom. The minimum atomic E-state index is -1.10. The van der Waals surface area contributed by atoms with Crippen LogP contribution in [0, 0.1) is 41.2 Å². The van der Waals surface area contributed by atoms with Crippen LogP contribution in [-0.2, 0) is 0 Å². The predicted molar refractivity (Wildman–Crippen MR) is 60.9 cm³/mol. The molecule has 3 nitrogen and oxygen atoms in total. The summed E-state index contributed by atoms with van der Waals surface area (Å²) >= 11 is 0. The van der Waals surface area contributed by atoms with E-state index in [0.29, 0.717) is 6.42 Å². The molecule has 0 amide bonds. The summed E-state index contributed by atoms with van der Waals surface area (Å²) in [5.74, 6) is -2.44. The summed E-state index contributed by atoms with van der Waals surface area (Å²) in [5, 5.41) is 17.6. The molecule has 0 radical (unpaired) electrons. The molecule has 0 spiro atoms. The first-order chi connectivity index (χ1) is 8.58. The normalized spacial score (nSPS) is 9.67. The third-order valence-electron chi connectivity index (χ3n) is 2.54. The van der Waals surface area contributed by atoms with E-state index < -0.39 is 17.2 Å². The number of nitriles is 2. The fraction of sp³-hybridized carbons (Fsp3) is 0.385. The average Bonchev–Trinajstić information content (AvgIpc) is 2.36. The number of ether oxygens (including phenoxy) is 1. The van der Waals surface area contributed by atoms with Gasteiger partial charge in [0.15, 0.2) is 11.6 Å². The van der Waals surface area contributed by atoms with Gasteiger partial charge in [-0.3, -0.25) is 0 Å². The van der Waals surface area contributed by atoms with E-state index in [1.807, 2.05) is 6.92 Å². The Kier molecular flexibility index (Phi) is 4.62. The van der Waals surface area contributed by atoms with E-state index in [-0.39, 0.29) is 23.5 Å². The van der Waals surface area contributed by atoms with Crippen LogP contribution in [-0.4, -0.2) is 6.61 Å². The van der Waals surface area contributed by atoms with Crippen molar-refractivity contribution < 1.29 is 13.5 Å². The van der Waals surface area contributed by atoms with Crippen molar-refractivity contribution in [2.75, 3.05) is 6.61 Å². The van der Waals surface area contributed by atoms with Gasteiger partial charge in [-0.05, 0) is 13.3 Å². The van der Waals surface area contributed by atoms with E-state index in [2.05, 4.69) is 0 Å². The molecule has 0 heterocycles. The van der Waals surface area contributed by atoms with Crippen molar-refractivity contribution in [3.05, 3.63) is 28.3 Å². The van der Waals surface area contributed by atoms with Gasteiger partial charge in [0, 0.05) is 5.56 Å². The number of halogens is 2. The van der Waals surface area contributed by atoms with Gasteiger partial charge in [-0.1, -0.05) is 13.3 Å². The van der Waals surface area contributed by atoms with Gasteiger partial charge in [0.1, 0.15) is 29.1 Å². The van der Waals surface area contributed by atoms with Gasteiger partial charge in [-0.2, -0.15) is 10.5 Å². The molecule has 0 fully saturated rings. The molecule has 94 valence electrons. The highest BCUT2D eigenvalue weighted by Crippen LogP contribution is 2.31. The summed E-state index contributed by atoms with van der Waals surface area (Å²) in [6, 6.07) is 3.16. The number of hydrogen-bond donors (Lipinski definition) is 0. The fourth-order valence-corrected chi connectivity index (χ4v) is 1.47. The lowest BCUT2D eigenvalue weighted by atomic mass is 10.0. The molecule has 0 aliphatic rings. The highest BCUT2D eigenvalue weighted by Gasteiger charge is 2.23. The molecule has 0 atom stereocenters. The Bertz CT molecular complexity index is 542. The van der Waals surface area contributed by atoms with Crippen LogP contribution in [0.1, 0.15) is 36.5 Å². The highest BCUT2D eigenvalue weighted by atomic mass is 19.1. The van der Waals surface area contributed by atoms with Crippen molar-refractivity contribution in [2.45, 2.75) is 26.7 Å². The largest absolute Gasteiger partial charge is 0.489 e. The van der Waals surface area contributed by atoms with E-state index in [1.54, 1.807) is 6.07 Å². The maximum atomic E-state index is 13.8. The lowest BCUT2D eigenvalue weighted by molar-refractivity contribution is 0.291.